The Balaban J connectivity index is 2.16. The highest BCUT2D eigenvalue weighted by atomic mass is 32.1. The number of pyridine rings is 2. The van der Waals surface area contributed by atoms with Crippen LogP contribution in [0.3, 0.4) is 0 Å². The average Bonchev–Trinajstić information content (AvgIpc) is 2.80. The van der Waals surface area contributed by atoms with Crippen molar-refractivity contribution in [2.45, 2.75) is 45.2 Å². The molecule has 4 N–H and O–H groups in total. The van der Waals surface area contributed by atoms with Crippen LogP contribution in [0.1, 0.15) is 28.5 Å². The molecular formula is C16H20N2O4S. The minimum atomic E-state index is -1.14. The maximum Gasteiger partial charge on any atom is 0.138 e. The van der Waals surface area contributed by atoms with Crippen LogP contribution in [0.4, 0.5) is 0 Å². The first-order valence-corrected chi connectivity index (χ1v) is 7.89. The summed E-state index contributed by atoms with van der Waals surface area (Å²) in [5, 5.41) is 30.3. The third-order valence-corrected chi connectivity index (χ3v) is 5.02. The van der Waals surface area contributed by atoms with Crippen LogP contribution >= 0.6 is 12.2 Å². The maximum absolute atomic E-state index is 10.2. The Bertz CT molecular complexity index is 820. The van der Waals surface area contributed by atoms with Crippen molar-refractivity contribution in [2.24, 2.45) is 0 Å². The van der Waals surface area contributed by atoms with Gasteiger partial charge in [0.05, 0.1) is 6.61 Å². The van der Waals surface area contributed by atoms with E-state index in [9.17, 15) is 15.3 Å². The van der Waals surface area contributed by atoms with Gasteiger partial charge in [-0.05, 0) is 38.0 Å². The Morgan fingerprint density at radius 3 is 2.52 bits per heavy atom. The van der Waals surface area contributed by atoms with Crippen molar-refractivity contribution in [1.29, 1.82) is 0 Å². The fraction of sp³-hybridized carbons (Fsp3) is 0.500. The Morgan fingerprint density at radius 1 is 1.22 bits per heavy atom. The summed E-state index contributed by atoms with van der Waals surface area (Å²) in [5.41, 5.74) is 4.37. The number of aryl methyl sites for hydroxylation is 2. The largest absolute Gasteiger partial charge is 0.394 e. The predicted molar refractivity (Wildman–Crippen MR) is 87.9 cm³/mol. The van der Waals surface area contributed by atoms with Gasteiger partial charge in [0.1, 0.15) is 34.7 Å². The number of aliphatic hydroxyl groups is 3. The van der Waals surface area contributed by atoms with Crippen molar-refractivity contribution >= 4 is 23.3 Å². The molecule has 6 nitrogen and oxygen atoms in total. The minimum absolute atomic E-state index is 0.363. The van der Waals surface area contributed by atoms with Crippen LogP contribution < -0.4 is 0 Å². The second-order valence-corrected chi connectivity index (χ2v) is 6.43. The van der Waals surface area contributed by atoms with Gasteiger partial charge in [-0.2, -0.15) is 0 Å². The zero-order chi connectivity index (χ0) is 16.9. The number of hydrogen-bond acceptors (Lipinski definition) is 6. The van der Waals surface area contributed by atoms with Crippen LogP contribution in [-0.4, -0.2) is 50.2 Å². The topological polar surface area (TPSA) is 98.6 Å². The van der Waals surface area contributed by atoms with Gasteiger partial charge >= 0.3 is 0 Å². The molecule has 1 aliphatic heterocycles. The molecule has 2 aromatic rings. The number of ether oxygens (including phenoxy) is 1. The molecule has 3 heterocycles. The first-order chi connectivity index (χ1) is 10.8. The molecule has 0 spiro atoms. The summed E-state index contributed by atoms with van der Waals surface area (Å²) in [6, 6.07) is 1.85. The van der Waals surface area contributed by atoms with Crippen molar-refractivity contribution in [3.05, 3.63) is 33.1 Å². The lowest BCUT2D eigenvalue weighted by Crippen LogP contribution is -2.32. The monoisotopic (exact) mass is 336 g/mol. The van der Waals surface area contributed by atoms with Crippen LogP contribution in [-0.2, 0) is 4.74 Å². The van der Waals surface area contributed by atoms with E-state index in [-0.39, 0.29) is 6.61 Å². The molecule has 1 aliphatic rings. The normalized spacial score (nSPS) is 27.7. The minimum Gasteiger partial charge on any atom is -0.394 e. The van der Waals surface area contributed by atoms with E-state index < -0.39 is 24.4 Å². The van der Waals surface area contributed by atoms with E-state index in [1.165, 1.54) is 0 Å². The molecule has 2 unspecified atom stereocenters. The quantitative estimate of drug-likeness (QED) is 0.618. The number of nitrogens with zero attached hydrogens (tertiary/aromatic N) is 1. The van der Waals surface area contributed by atoms with Gasteiger partial charge in [0.2, 0.25) is 0 Å². The molecule has 0 radical (unpaired) electrons. The van der Waals surface area contributed by atoms with E-state index in [1.54, 1.807) is 0 Å². The second-order valence-electron chi connectivity index (χ2n) is 6.02. The van der Waals surface area contributed by atoms with Crippen molar-refractivity contribution in [1.82, 2.24) is 9.97 Å². The molecule has 1 fully saturated rings. The van der Waals surface area contributed by atoms with Crippen LogP contribution in [0.2, 0.25) is 0 Å². The Kier molecular flexibility index (Phi) is 4.24. The number of fused-ring (bicyclic) bond motifs is 1. The summed E-state index contributed by atoms with van der Waals surface area (Å²) in [6.45, 7) is 5.59. The first-order valence-electron chi connectivity index (χ1n) is 7.48. The molecule has 0 aliphatic carbocycles. The molecule has 0 saturated carbocycles. The van der Waals surface area contributed by atoms with Gasteiger partial charge in [0.25, 0.3) is 0 Å². The molecule has 0 bridgehead atoms. The van der Waals surface area contributed by atoms with Gasteiger partial charge in [-0.25, -0.2) is 4.98 Å². The highest BCUT2D eigenvalue weighted by Crippen LogP contribution is 2.35. The lowest BCUT2D eigenvalue weighted by molar-refractivity contribution is -0.0229. The number of nitrogens with one attached hydrogen (secondary N) is 1. The smallest absolute Gasteiger partial charge is 0.138 e. The lowest BCUT2D eigenvalue weighted by Gasteiger charge is -2.17. The van der Waals surface area contributed by atoms with Crippen LogP contribution in [0, 0.1) is 25.4 Å². The van der Waals surface area contributed by atoms with E-state index in [0.717, 1.165) is 22.2 Å². The number of aromatic amines is 1. The van der Waals surface area contributed by atoms with Gasteiger partial charge in [0.15, 0.2) is 0 Å². The summed E-state index contributed by atoms with van der Waals surface area (Å²) in [7, 11) is 0. The number of hydrogen-bond donors (Lipinski definition) is 4. The summed E-state index contributed by atoms with van der Waals surface area (Å²) in [4.78, 5) is 7.60. The molecular weight excluding hydrogens is 316 g/mol. The van der Waals surface area contributed by atoms with Crippen molar-refractivity contribution in [2.75, 3.05) is 6.61 Å². The molecule has 4 atom stereocenters. The summed E-state index contributed by atoms with van der Waals surface area (Å²) < 4.78 is 5.99. The van der Waals surface area contributed by atoms with E-state index >= 15 is 0 Å². The summed E-state index contributed by atoms with van der Waals surface area (Å²) in [6.07, 6.45) is -3.89. The number of H-pyrrole nitrogens is 1. The van der Waals surface area contributed by atoms with Gasteiger partial charge in [-0.1, -0.05) is 12.2 Å². The molecule has 1 saturated heterocycles. The van der Waals surface area contributed by atoms with E-state index in [2.05, 4.69) is 9.97 Å². The zero-order valence-electron chi connectivity index (χ0n) is 13.2. The molecule has 3 rings (SSSR count). The highest BCUT2D eigenvalue weighted by Gasteiger charge is 2.43. The van der Waals surface area contributed by atoms with Gasteiger partial charge in [-0.3, -0.25) is 0 Å². The van der Waals surface area contributed by atoms with Crippen molar-refractivity contribution in [3.63, 3.8) is 0 Å². The van der Waals surface area contributed by atoms with E-state index in [1.807, 2.05) is 26.8 Å². The predicted octanol–water partition coefficient (Wildman–Crippen LogP) is 1.37. The molecule has 0 amide bonds. The Hall–Kier alpha value is -1.38. The summed E-state index contributed by atoms with van der Waals surface area (Å²) >= 11 is 5.37. The molecule has 7 heteroatoms. The fourth-order valence-electron chi connectivity index (χ4n) is 3.00. The fourth-order valence-corrected chi connectivity index (χ4v) is 3.28. The average molecular weight is 336 g/mol. The zero-order valence-corrected chi connectivity index (χ0v) is 14.0. The maximum atomic E-state index is 10.2. The van der Waals surface area contributed by atoms with Crippen LogP contribution in [0.5, 0.6) is 0 Å². The van der Waals surface area contributed by atoms with Gasteiger partial charge < -0.3 is 25.0 Å². The van der Waals surface area contributed by atoms with E-state index in [4.69, 9.17) is 17.0 Å². The lowest BCUT2D eigenvalue weighted by atomic mass is 9.99. The summed E-state index contributed by atoms with van der Waals surface area (Å²) in [5.74, 6) is 0. The standard InChI is InChI=1S/C16H20N2O4S/c1-6-7(2)9-4-10(16(23)18-15(9)17-8(6)3)14-13(21)12(20)11(5-19)22-14/h4,11-14,19-21H,5H2,1-3H3,(H,17,18,23)/t11-,12?,13?,14+/m1/s1. The number of aliphatic hydroxyl groups excluding tert-OH is 3. The third-order valence-electron chi connectivity index (χ3n) is 4.69. The molecule has 0 aromatic carbocycles. The first kappa shape index (κ1) is 16.5. The SMILES string of the molecule is Cc1nc2[nH]c(=S)c([C@@H]3O[C@H](CO)C(O)C3O)cc2c(C)c1C. The Labute approximate surface area is 138 Å². The second kappa shape index (κ2) is 5.92. The number of aromatic nitrogens is 2. The van der Waals surface area contributed by atoms with Gasteiger partial charge in [0, 0.05) is 16.6 Å². The highest BCUT2D eigenvalue weighted by molar-refractivity contribution is 7.71. The van der Waals surface area contributed by atoms with Gasteiger partial charge in [-0.15, -0.1) is 0 Å². The molecule has 2 aromatic heterocycles. The van der Waals surface area contributed by atoms with Crippen molar-refractivity contribution in [3.8, 4) is 0 Å². The molecule has 23 heavy (non-hydrogen) atoms. The number of rotatable bonds is 2. The van der Waals surface area contributed by atoms with Crippen LogP contribution in [0.15, 0.2) is 6.07 Å². The van der Waals surface area contributed by atoms with Crippen molar-refractivity contribution < 1.29 is 20.1 Å². The third kappa shape index (κ3) is 2.58. The molecule has 124 valence electrons. The van der Waals surface area contributed by atoms with Crippen LogP contribution in [0.25, 0.3) is 11.0 Å². The van der Waals surface area contributed by atoms with E-state index in [0.29, 0.717) is 15.9 Å². The Morgan fingerprint density at radius 2 is 1.91 bits per heavy atom.